The highest BCUT2D eigenvalue weighted by Gasteiger charge is 2.36. The molecule has 4 aromatic rings. The first kappa shape index (κ1) is 15.7. The maximum absolute atomic E-state index is 12.5. The van der Waals surface area contributed by atoms with Crippen LogP contribution in [0.15, 0.2) is 70.7 Å². The first-order valence-electron chi connectivity index (χ1n) is 7.83. The summed E-state index contributed by atoms with van der Waals surface area (Å²) in [4.78, 5) is 16.3. The van der Waals surface area contributed by atoms with Gasteiger partial charge in [0.2, 0.25) is 0 Å². The molecule has 1 atom stereocenters. The molecular weight excluding hydrogens is 336 g/mol. The van der Waals surface area contributed by atoms with Crippen LogP contribution in [-0.2, 0) is 5.60 Å². The number of aliphatic hydroxyl groups is 1. The van der Waals surface area contributed by atoms with E-state index >= 15 is 0 Å². The van der Waals surface area contributed by atoms with Gasteiger partial charge >= 0.3 is 0 Å². The number of carbonyl (C=O) groups excluding carboxylic acids is 1. The van der Waals surface area contributed by atoms with Crippen molar-refractivity contribution in [2.75, 3.05) is 6.54 Å². The number of rotatable bonds is 5. The summed E-state index contributed by atoms with van der Waals surface area (Å²) in [6.45, 7) is 0.00915. The van der Waals surface area contributed by atoms with E-state index in [1.165, 1.54) is 17.6 Å². The first-order valence-corrected chi connectivity index (χ1v) is 8.71. The van der Waals surface area contributed by atoms with Crippen molar-refractivity contribution in [2.24, 2.45) is 0 Å². The van der Waals surface area contributed by atoms with Crippen LogP contribution in [0.4, 0.5) is 0 Å². The van der Waals surface area contributed by atoms with Gasteiger partial charge in [0.05, 0.1) is 12.8 Å². The summed E-state index contributed by atoms with van der Waals surface area (Å²) in [6, 6.07) is 16.6. The third-order valence-electron chi connectivity index (χ3n) is 4.14. The quantitative estimate of drug-likeness (QED) is 0.514. The Bertz CT molecular complexity index is 920. The number of aromatic nitrogens is 1. The average molecular weight is 352 g/mol. The summed E-state index contributed by atoms with van der Waals surface area (Å²) in [5.41, 5.74) is -0.0549. The number of H-pyrrole nitrogens is 1. The van der Waals surface area contributed by atoms with Gasteiger partial charge in [-0.2, -0.15) is 0 Å². The van der Waals surface area contributed by atoms with E-state index in [9.17, 15) is 9.90 Å². The van der Waals surface area contributed by atoms with Crippen LogP contribution in [0, 0.1) is 0 Å². The Kier molecular flexibility index (Phi) is 3.91. The summed E-state index contributed by atoms with van der Waals surface area (Å²) in [5.74, 6) is 0.115. The largest absolute Gasteiger partial charge is 0.466 e. The molecule has 1 aromatic carbocycles. The van der Waals surface area contributed by atoms with Crippen LogP contribution in [0.5, 0.6) is 0 Å². The molecular formula is C19H16N2O3S. The lowest BCUT2D eigenvalue weighted by Crippen LogP contribution is -2.41. The SMILES string of the molecule is O=C(NC[C@@](O)(c1ccco1)c1cccs1)c1cc2ccccc2[nH]1. The Morgan fingerprint density at radius 3 is 2.80 bits per heavy atom. The molecule has 0 saturated carbocycles. The molecule has 3 heterocycles. The molecule has 1 amide bonds. The van der Waals surface area contributed by atoms with E-state index in [4.69, 9.17) is 4.42 Å². The molecule has 4 rings (SSSR count). The predicted molar refractivity (Wildman–Crippen MR) is 96.7 cm³/mol. The van der Waals surface area contributed by atoms with Crippen LogP contribution in [0.2, 0.25) is 0 Å². The minimum absolute atomic E-state index is 0.00915. The van der Waals surface area contributed by atoms with Crippen LogP contribution in [0.3, 0.4) is 0 Å². The molecule has 0 fully saturated rings. The summed E-state index contributed by atoms with van der Waals surface area (Å²) < 4.78 is 5.41. The molecule has 0 radical (unpaired) electrons. The van der Waals surface area contributed by atoms with E-state index in [0.717, 1.165) is 10.9 Å². The second-order valence-corrected chi connectivity index (χ2v) is 6.72. The Hall–Kier alpha value is -2.83. The fourth-order valence-corrected chi connectivity index (χ4v) is 3.65. The lowest BCUT2D eigenvalue weighted by molar-refractivity contribution is 0.0553. The molecule has 0 aliphatic carbocycles. The third kappa shape index (κ3) is 2.86. The third-order valence-corrected chi connectivity index (χ3v) is 5.16. The summed E-state index contributed by atoms with van der Waals surface area (Å²) in [6.07, 6.45) is 1.51. The number of amides is 1. The number of hydrogen-bond donors (Lipinski definition) is 3. The number of aromatic amines is 1. The number of thiophene rings is 1. The van der Waals surface area contributed by atoms with Crippen molar-refractivity contribution in [2.45, 2.75) is 5.60 Å². The lowest BCUT2D eigenvalue weighted by atomic mass is 9.98. The van der Waals surface area contributed by atoms with Gasteiger partial charge in [-0.15, -0.1) is 11.3 Å². The van der Waals surface area contributed by atoms with Gasteiger partial charge in [0.1, 0.15) is 11.5 Å². The van der Waals surface area contributed by atoms with Crippen molar-refractivity contribution in [3.05, 3.63) is 82.6 Å². The molecule has 6 heteroatoms. The fourth-order valence-electron chi connectivity index (χ4n) is 2.82. The molecule has 0 aliphatic rings. The first-order chi connectivity index (χ1) is 12.2. The molecule has 3 aromatic heterocycles. The van der Waals surface area contributed by atoms with Crippen molar-refractivity contribution in [1.82, 2.24) is 10.3 Å². The summed E-state index contributed by atoms with van der Waals surface area (Å²) >= 11 is 1.41. The van der Waals surface area contributed by atoms with Crippen molar-refractivity contribution >= 4 is 28.1 Å². The average Bonchev–Trinajstić information content (AvgIpc) is 3.40. The van der Waals surface area contributed by atoms with Crippen LogP contribution in [0.25, 0.3) is 10.9 Å². The van der Waals surface area contributed by atoms with E-state index in [1.807, 2.05) is 41.8 Å². The van der Waals surface area contributed by atoms with Gasteiger partial charge in [0.25, 0.3) is 5.91 Å². The predicted octanol–water partition coefficient (Wildman–Crippen LogP) is 3.49. The smallest absolute Gasteiger partial charge is 0.267 e. The summed E-state index contributed by atoms with van der Waals surface area (Å²) in [7, 11) is 0. The second-order valence-electron chi connectivity index (χ2n) is 5.77. The van der Waals surface area contributed by atoms with E-state index in [0.29, 0.717) is 16.3 Å². The summed E-state index contributed by atoms with van der Waals surface area (Å²) in [5, 5.41) is 16.8. The maximum Gasteiger partial charge on any atom is 0.267 e. The minimum Gasteiger partial charge on any atom is -0.466 e. The standard InChI is InChI=1S/C19H16N2O3S/c22-18(15-11-13-5-1-2-6-14(13)21-15)20-12-19(23,16-7-3-9-24-16)17-8-4-10-25-17/h1-11,21,23H,12H2,(H,20,22)/t19-/m1/s1. The maximum atomic E-state index is 12.5. The highest BCUT2D eigenvalue weighted by atomic mass is 32.1. The van der Waals surface area contributed by atoms with Crippen molar-refractivity contribution < 1.29 is 14.3 Å². The fraction of sp³-hybridized carbons (Fsp3) is 0.105. The Morgan fingerprint density at radius 2 is 2.08 bits per heavy atom. The van der Waals surface area contributed by atoms with Gasteiger partial charge < -0.3 is 19.8 Å². The van der Waals surface area contributed by atoms with Gasteiger partial charge in [-0.3, -0.25) is 4.79 Å². The van der Waals surface area contributed by atoms with Crippen molar-refractivity contribution in [3.63, 3.8) is 0 Å². The van der Waals surface area contributed by atoms with Gasteiger partial charge in [-0.1, -0.05) is 24.3 Å². The zero-order valence-electron chi connectivity index (χ0n) is 13.2. The Balaban J connectivity index is 1.58. The topological polar surface area (TPSA) is 78.3 Å². The molecule has 0 unspecified atom stereocenters. The number of carbonyl (C=O) groups is 1. The highest BCUT2D eigenvalue weighted by Crippen LogP contribution is 2.32. The number of nitrogens with one attached hydrogen (secondary N) is 2. The van der Waals surface area contributed by atoms with Gasteiger partial charge in [0.15, 0.2) is 5.60 Å². The molecule has 5 nitrogen and oxygen atoms in total. The van der Waals surface area contributed by atoms with Crippen LogP contribution in [-0.4, -0.2) is 22.5 Å². The minimum atomic E-state index is -1.40. The van der Waals surface area contributed by atoms with Crippen LogP contribution in [0.1, 0.15) is 21.1 Å². The Morgan fingerprint density at radius 1 is 1.20 bits per heavy atom. The van der Waals surface area contributed by atoms with E-state index in [1.54, 1.807) is 18.2 Å². The zero-order valence-corrected chi connectivity index (χ0v) is 14.0. The molecule has 0 spiro atoms. The number of benzene rings is 1. The molecule has 25 heavy (non-hydrogen) atoms. The number of para-hydroxylation sites is 1. The Labute approximate surface area is 147 Å². The van der Waals surface area contributed by atoms with Crippen LogP contribution >= 0.6 is 11.3 Å². The van der Waals surface area contributed by atoms with E-state index < -0.39 is 5.60 Å². The van der Waals surface area contributed by atoms with Crippen LogP contribution < -0.4 is 5.32 Å². The highest BCUT2D eigenvalue weighted by molar-refractivity contribution is 7.10. The second kappa shape index (κ2) is 6.23. The van der Waals surface area contributed by atoms with Crippen molar-refractivity contribution in [3.8, 4) is 0 Å². The molecule has 0 saturated heterocycles. The zero-order chi connectivity index (χ0) is 17.3. The molecule has 0 aliphatic heterocycles. The number of fused-ring (bicyclic) bond motifs is 1. The number of furan rings is 1. The van der Waals surface area contributed by atoms with Gasteiger partial charge in [-0.05, 0) is 35.7 Å². The molecule has 126 valence electrons. The van der Waals surface area contributed by atoms with Gasteiger partial charge in [-0.25, -0.2) is 0 Å². The molecule has 0 bridgehead atoms. The molecule has 3 N–H and O–H groups in total. The van der Waals surface area contributed by atoms with E-state index in [-0.39, 0.29) is 12.5 Å². The monoisotopic (exact) mass is 352 g/mol. The van der Waals surface area contributed by atoms with E-state index in [2.05, 4.69) is 10.3 Å². The lowest BCUT2D eigenvalue weighted by Gasteiger charge is -2.25. The van der Waals surface area contributed by atoms with Crippen molar-refractivity contribution in [1.29, 1.82) is 0 Å². The van der Waals surface area contributed by atoms with Gasteiger partial charge in [0, 0.05) is 15.8 Å². The normalized spacial score (nSPS) is 13.6. The number of hydrogen-bond acceptors (Lipinski definition) is 4.